The van der Waals surface area contributed by atoms with Crippen LogP contribution in [0.1, 0.15) is 43.5 Å². The molecule has 8 nitrogen and oxygen atoms in total. The second kappa shape index (κ2) is 10.7. The number of fused-ring (bicyclic) bond motifs is 3. The number of rotatable bonds is 7. The summed E-state index contributed by atoms with van der Waals surface area (Å²) >= 11 is 6.23. The van der Waals surface area contributed by atoms with Crippen molar-refractivity contribution in [1.82, 2.24) is 20.6 Å². The molecule has 0 radical (unpaired) electrons. The number of carbonyl (C=O) groups is 2. The quantitative estimate of drug-likeness (QED) is 0.242. The molecule has 0 aliphatic heterocycles. The van der Waals surface area contributed by atoms with Crippen LogP contribution in [0.15, 0.2) is 42.6 Å². The summed E-state index contributed by atoms with van der Waals surface area (Å²) in [6, 6.07) is 11.2. The Morgan fingerprint density at radius 3 is 2.81 bits per heavy atom. The van der Waals surface area contributed by atoms with Gasteiger partial charge >= 0.3 is 6.09 Å². The molecule has 1 aliphatic carbocycles. The van der Waals surface area contributed by atoms with E-state index >= 15 is 0 Å². The van der Waals surface area contributed by atoms with Gasteiger partial charge in [0, 0.05) is 46.7 Å². The van der Waals surface area contributed by atoms with Gasteiger partial charge in [0.15, 0.2) is 0 Å². The maximum absolute atomic E-state index is 12.8. The Kier molecular flexibility index (Phi) is 7.19. The van der Waals surface area contributed by atoms with Crippen LogP contribution in [0, 0.1) is 0 Å². The van der Waals surface area contributed by atoms with Gasteiger partial charge in [0.2, 0.25) is 5.91 Å². The summed E-state index contributed by atoms with van der Waals surface area (Å²) < 4.78 is 5.61. The molecule has 1 aliphatic rings. The molecule has 0 spiro atoms. The summed E-state index contributed by atoms with van der Waals surface area (Å²) in [5.74, 6) is 0.381. The van der Waals surface area contributed by atoms with Crippen LogP contribution in [0.2, 0.25) is 5.02 Å². The summed E-state index contributed by atoms with van der Waals surface area (Å²) in [4.78, 5) is 32.0. The van der Waals surface area contributed by atoms with Crippen LogP contribution >= 0.6 is 11.6 Å². The Morgan fingerprint density at radius 1 is 1.14 bits per heavy atom. The highest BCUT2D eigenvalue weighted by Crippen LogP contribution is 2.34. The summed E-state index contributed by atoms with van der Waals surface area (Å²) in [7, 11) is 0. The van der Waals surface area contributed by atoms with E-state index in [1.807, 2.05) is 43.5 Å². The number of aromatic amines is 1. The number of pyridine rings is 1. The molecule has 5 rings (SSSR count). The second-order valence-electron chi connectivity index (χ2n) is 9.43. The van der Waals surface area contributed by atoms with Crippen molar-refractivity contribution < 1.29 is 14.3 Å². The smallest absolute Gasteiger partial charge is 0.410 e. The number of hydrogen-bond donors (Lipinski definition) is 4. The van der Waals surface area contributed by atoms with Crippen molar-refractivity contribution in [2.75, 3.05) is 11.9 Å². The van der Waals surface area contributed by atoms with Crippen LogP contribution in [0.4, 0.5) is 10.5 Å². The van der Waals surface area contributed by atoms with E-state index in [9.17, 15) is 9.59 Å². The molecule has 192 valence electrons. The fourth-order valence-corrected chi connectivity index (χ4v) is 5.10. The van der Waals surface area contributed by atoms with Gasteiger partial charge in [0.05, 0.1) is 17.4 Å². The van der Waals surface area contributed by atoms with Crippen molar-refractivity contribution in [1.29, 1.82) is 0 Å². The first-order valence-electron chi connectivity index (χ1n) is 12.6. The van der Waals surface area contributed by atoms with Crippen molar-refractivity contribution >= 4 is 51.1 Å². The van der Waals surface area contributed by atoms with E-state index in [-0.39, 0.29) is 12.1 Å². The standard InChI is InChI=1S/C28H30ClN5O3/c1-16(32-27-21-5-3-4-6-25(21)34-26-13-19(29)7-9-22(26)27)33-28(36)37-20-8-10-24-23(14-20)18(15-31-24)11-12-30-17(2)35/h7-10,13-16,31H,3-6,11-12H2,1-2H3,(H,30,35)(H,32,34)(H,33,36). The molecule has 4 aromatic rings. The first kappa shape index (κ1) is 24.9. The van der Waals surface area contributed by atoms with Crippen LogP contribution in [0.3, 0.4) is 0 Å². The normalized spacial score (nSPS) is 13.7. The van der Waals surface area contributed by atoms with Crippen LogP contribution in [-0.4, -0.2) is 34.7 Å². The zero-order chi connectivity index (χ0) is 25.9. The predicted octanol–water partition coefficient (Wildman–Crippen LogP) is 5.47. The highest BCUT2D eigenvalue weighted by Gasteiger charge is 2.20. The molecule has 2 amide bonds. The van der Waals surface area contributed by atoms with E-state index in [2.05, 4.69) is 20.9 Å². The van der Waals surface area contributed by atoms with E-state index in [1.165, 1.54) is 12.5 Å². The maximum atomic E-state index is 12.8. The fourth-order valence-electron chi connectivity index (χ4n) is 4.93. The molecule has 9 heteroatoms. The molecule has 0 fully saturated rings. The Balaban J connectivity index is 1.29. The van der Waals surface area contributed by atoms with E-state index < -0.39 is 6.09 Å². The van der Waals surface area contributed by atoms with Gasteiger partial charge in [-0.2, -0.15) is 0 Å². The van der Waals surface area contributed by atoms with Crippen LogP contribution in [-0.2, 0) is 24.1 Å². The number of benzene rings is 2. The highest BCUT2D eigenvalue weighted by atomic mass is 35.5. The van der Waals surface area contributed by atoms with Crippen molar-refractivity contribution in [3.05, 3.63) is 64.4 Å². The molecule has 1 unspecified atom stereocenters. The van der Waals surface area contributed by atoms with Gasteiger partial charge in [-0.05, 0) is 86.6 Å². The minimum Gasteiger partial charge on any atom is -0.410 e. The van der Waals surface area contributed by atoms with Crippen molar-refractivity contribution in [3.63, 3.8) is 0 Å². The zero-order valence-corrected chi connectivity index (χ0v) is 21.7. The number of hydrogen-bond acceptors (Lipinski definition) is 5. The third-order valence-corrected chi connectivity index (χ3v) is 6.87. The minimum absolute atomic E-state index is 0.0627. The summed E-state index contributed by atoms with van der Waals surface area (Å²) in [5.41, 5.74) is 6.11. The van der Waals surface area contributed by atoms with E-state index in [4.69, 9.17) is 21.3 Å². The summed E-state index contributed by atoms with van der Waals surface area (Å²) in [6.45, 7) is 3.92. The number of anilines is 1. The number of ether oxygens (including phenoxy) is 1. The van der Waals surface area contributed by atoms with Gasteiger partial charge in [0.25, 0.3) is 0 Å². The molecular formula is C28H30ClN5O3. The molecule has 0 saturated heterocycles. The van der Waals surface area contributed by atoms with E-state index in [0.29, 0.717) is 23.7 Å². The number of aromatic nitrogens is 2. The third kappa shape index (κ3) is 5.64. The van der Waals surface area contributed by atoms with E-state index in [1.54, 1.807) is 6.07 Å². The molecule has 2 aromatic heterocycles. The molecule has 0 saturated carbocycles. The average molecular weight is 520 g/mol. The number of amides is 2. The maximum Gasteiger partial charge on any atom is 0.414 e. The van der Waals surface area contributed by atoms with Gasteiger partial charge < -0.3 is 25.7 Å². The molecule has 1 atom stereocenters. The fraction of sp³-hybridized carbons (Fsp3) is 0.321. The Bertz CT molecular complexity index is 1480. The predicted molar refractivity (Wildman–Crippen MR) is 146 cm³/mol. The number of nitrogens with zero attached hydrogens (tertiary/aromatic N) is 1. The molecular weight excluding hydrogens is 490 g/mol. The Hall–Kier alpha value is -3.78. The lowest BCUT2D eigenvalue weighted by molar-refractivity contribution is -0.118. The third-order valence-electron chi connectivity index (χ3n) is 6.64. The first-order chi connectivity index (χ1) is 17.9. The summed E-state index contributed by atoms with van der Waals surface area (Å²) in [5, 5.41) is 11.8. The van der Waals surface area contributed by atoms with Gasteiger partial charge in [-0.3, -0.25) is 9.78 Å². The SMILES string of the molecule is CC(=O)NCCc1c[nH]c2ccc(OC(=O)NC(C)Nc3c4c(nc5cc(Cl)ccc35)CCCC4)cc12. The number of H-pyrrole nitrogens is 1. The molecule has 37 heavy (non-hydrogen) atoms. The number of carbonyl (C=O) groups excluding carboxylic acids is 2. The Labute approximate surface area is 220 Å². The monoisotopic (exact) mass is 519 g/mol. The van der Waals surface area contributed by atoms with Crippen LogP contribution in [0.25, 0.3) is 21.8 Å². The van der Waals surface area contributed by atoms with Crippen LogP contribution in [0.5, 0.6) is 5.75 Å². The average Bonchev–Trinajstić information content (AvgIpc) is 3.25. The molecule has 4 N–H and O–H groups in total. The lowest BCUT2D eigenvalue weighted by Crippen LogP contribution is -2.40. The minimum atomic E-state index is -0.551. The van der Waals surface area contributed by atoms with Crippen molar-refractivity contribution in [2.24, 2.45) is 0 Å². The molecule has 2 heterocycles. The molecule has 0 bridgehead atoms. The van der Waals surface area contributed by atoms with Gasteiger partial charge in [0.1, 0.15) is 5.75 Å². The second-order valence-corrected chi connectivity index (χ2v) is 9.87. The number of aryl methyl sites for hydroxylation is 1. The Morgan fingerprint density at radius 2 is 1.97 bits per heavy atom. The zero-order valence-electron chi connectivity index (χ0n) is 20.9. The lowest BCUT2D eigenvalue weighted by atomic mass is 9.92. The van der Waals surface area contributed by atoms with Gasteiger partial charge in [-0.15, -0.1) is 0 Å². The van der Waals surface area contributed by atoms with Gasteiger partial charge in [-0.1, -0.05) is 11.6 Å². The lowest BCUT2D eigenvalue weighted by Gasteiger charge is -2.24. The van der Waals surface area contributed by atoms with Crippen molar-refractivity contribution in [2.45, 2.75) is 52.1 Å². The summed E-state index contributed by atoms with van der Waals surface area (Å²) in [6.07, 6.45) is 5.76. The largest absolute Gasteiger partial charge is 0.414 e. The number of halogens is 1. The molecule has 2 aromatic carbocycles. The first-order valence-corrected chi connectivity index (χ1v) is 13.0. The van der Waals surface area contributed by atoms with Gasteiger partial charge in [-0.25, -0.2) is 4.79 Å². The van der Waals surface area contributed by atoms with Crippen LogP contribution < -0.4 is 20.7 Å². The van der Waals surface area contributed by atoms with E-state index in [0.717, 1.165) is 64.4 Å². The highest BCUT2D eigenvalue weighted by molar-refractivity contribution is 6.31. The topological polar surface area (TPSA) is 108 Å². The van der Waals surface area contributed by atoms with Crippen molar-refractivity contribution in [3.8, 4) is 5.75 Å². The number of nitrogens with one attached hydrogen (secondary N) is 4.